The van der Waals surface area contributed by atoms with E-state index in [9.17, 15) is 29.7 Å². The summed E-state index contributed by atoms with van der Waals surface area (Å²) < 4.78 is 11.6. The van der Waals surface area contributed by atoms with E-state index in [2.05, 4.69) is 171 Å². The predicted molar refractivity (Wildman–Crippen MR) is 487 cm³/mol. The third-order valence-corrected chi connectivity index (χ3v) is 25.5. The van der Waals surface area contributed by atoms with E-state index in [1.54, 1.807) is 19.7 Å². The van der Waals surface area contributed by atoms with Crippen molar-refractivity contribution in [2.24, 2.45) is 5.73 Å². The van der Waals surface area contributed by atoms with Crippen LogP contribution in [0.5, 0.6) is 0 Å². The minimum absolute atomic E-state index is 0.0724. The van der Waals surface area contributed by atoms with Crippen LogP contribution >= 0.6 is 0 Å². The Hall–Kier alpha value is -12.2. The second-order valence-electron chi connectivity index (χ2n) is 34.2. The Morgan fingerprint density at radius 3 is 1.11 bits per heavy atom. The highest BCUT2D eigenvalue weighted by Crippen LogP contribution is 2.37. The van der Waals surface area contributed by atoms with E-state index in [1.165, 1.54) is 12.4 Å². The molecule has 15 heterocycles. The van der Waals surface area contributed by atoms with E-state index in [4.69, 9.17) is 35.8 Å². The molecule has 0 bridgehead atoms. The fourth-order valence-corrected chi connectivity index (χ4v) is 17.1. The number of carboxylic acids is 1. The van der Waals surface area contributed by atoms with Gasteiger partial charge in [-0.3, -0.25) is 24.3 Å². The van der Waals surface area contributed by atoms with Crippen molar-refractivity contribution in [1.82, 2.24) is 112 Å². The first-order valence-corrected chi connectivity index (χ1v) is 43.8. The molecule has 6 fully saturated rings. The fourth-order valence-electron chi connectivity index (χ4n) is 17.1. The minimum Gasteiger partial charge on any atom is -0.477 e. The standard InChI is InChI=1S/C33H39N9O2.C29H32N8O2.C26H33N9O2.C4H9NO/c1-38-13-15-40(16-14-38)17-18-41-22-26(24-9-6-12-34-31(24)41)28-19-30(39(2)21-23-7-4-3-5-8-23)42-32(36-28)25(20-35-42)33(44)37-27-10-11-29(27)43;1-33-11-13-35(14-12-33)15-16-36-20-24(22-9-6-10-30-27(22)36)25-17-26(34(2)19-21-7-4-3-5-8-21)37-28(32-25)23(18-31-37)29(38)39;1-27-23-14-21(30-25-18(15-29-35(23)25)26(37)31-20-5-6-22(20)36)19-16-34(24-17(19)4-3-7-28-24)13-12-33-10-8-32(2)9-11-33;5-3-1-2-4(3)6/h3-9,12,19-20,22,27,29,43H,10-11,13-18,21H2,1-2H3,(H,37,44);3-10,17-18,20H,11-16,19H2,1-2H3,(H,38,39);3-4,7,14-16,20,22,27,36H,5-6,8-13H2,1-2H3,(H,31,37);3-4,6H,1-2,5H2/t27-,29-;;20-,22-;3?,4-/m0.00/s1. The molecule has 34 nitrogen and oxygen atoms in total. The summed E-state index contributed by atoms with van der Waals surface area (Å²) in [6.45, 7) is 19.5. The van der Waals surface area contributed by atoms with Gasteiger partial charge in [0, 0.05) is 246 Å². The minimum atomic E-state index is -1.05. The van der Waals surface area contributed by atoms with Crippen molar-refractivity contribution >= 4 is 85.3 Å². The molecule has 1 unspecified atom stereocenters. The van der Waals surface area contributed by atoms with Gasteiger partial charge in [0.15, 0.2) is 16.9 Å². The number of aromatic nitrogens is 15. The monoisotopic (exact) mass is 1710 g/mol. The number of aromatic carboxylic acids is 1. The number of carbonyl (C=O) groups is 3. The highest BCUT2D eigenvalue weighted by Gasteiger charge is 2.35. The Morgan fingerprint density at radius 1 is 0.429 bits per heavy atom. The molecule has 658 valence electrons. The number of likely N-dealkylation sites (N-methyl/N-ethyl adjacent to an activating group) is 3. The molecule has 2 amide bonds. The highest BCUT2D eigenvalue weighted by atomic mass is 16.4. The second-order valence-corrected chi connectivity index (χ2v) is 34.2. The van der Waals surface area contributed by atoms with Gasteiger partial charge in [0.05, 0.1) is 66.1 Å². The molecule has 2 aromatic carbocycles. The lowest BCUT2D eigenvalue weighted by Crippen LogP contribution is -2.50. The van der Waals surface area contributed by atoms with Gasteiger partial charge in [-0.2, -0.15) is 28.8 Å². The summed E-state index contributed by atoms with van der Waals surface area (Å²) >= 11 is 0. The lowest BCUT2D eigenvalue weighted by molar-refractivity contribution is 0.0448. The van der Waals surface area contributed by atoms with Gasteiger partial charge in [-0.1, -0.05) is 60.7 Å². The molecule has 0 radical (unpaired) electrons. The first-order chi connectivity index (χ1) is 61.2. The maximum atomic E-state index is 13.4. The van der Waals surface area contributed by atoms with Crippen LogP contribution in [0.2, 0.25) is 0 Å². The molecule has 6 aliphatic rings. The molecule has 3 aliphatic heterocycles. The number of pyridine rings is 3. The summed E-state index contributed by atoms with van der Waals surface area (Å²) in [4.78, 5) is 86.2. The number of rotatable bonds is 24. The molecule has 3 aliphatic carbocycles. The maximum absolute atomic E-state index is 13.4. The van der Waals surface area contributed by atoms with Gasteiger partial charge in [0.1, 0.15) is 51.1 Å². The van der Waals surface area contributed by atoms with Gasteiger partial charge in [-0.25, -0.2) is 34.7 Å². The Balaban J connectivity index is 0.000000129. The van der Waals surface area contributed by atoms with Crippen molar-refractivity contribution in [2.75, 3.05) is 156 Å². The van der Waals surface area contributed by atoms with E-state index in [-0.39, 0.29) is 41.6 Å². The number of nitrogens with zero attached hydrogens (tertiary/aromatic N) is 23. The first-order valence-electron chi connectivity index (χ1n) is 43.8. The number of carboxylic acid groups (broad SMARTS) is 1. The highest BCUT2D eigenvalue weighted by molar-refractivity contribution is 6.03. The molecule has 126 heavy (non-hydrogen) atoms. The first kappa shape index (κ1) is 85.9. The molecular weight excluding hydrogens is 1600 g/mol. The van der Waals surface area contributed by atoms with E-state index in [1.807, 2.05) is 113 Å². The van der Waals surface area contributed by atoms with Gasteiger partial charge >= 0.3 is 5.97 Å². The fraction of sp³-hybridized carbons (Fsp3) is 0.413. The average molecular weight is 1710 g/mol. The summed E-state index contributed by atoms with van der Waals surface area (Å²) in [5.74, 6) is 0.697. The van der Waals surface area contributed by atoms with Crippen LogP contribution in [0.1, 0.15) is 80.7 Å². The topological polar surface area (TPSA) is 364 Å². The van der Waals surface area contributed by atoms with E-state index in [0.29, 0.717) is 59.7 Å². The van der Waals surface area contributed by atoms with Crippen molar-refractivity contribution in [2.45, 2.75) is 108 Å². The number of nitrogens with two attached hydrogens (primary N) is 1. The molecule has 6 atom stereocenters. The molecule has 20 rings (SSSR count). The van der Waals surface area contributed by atoms with Crippen LogP contribution in [-0.2, 0) is 32.7 Å². The van der Waals surface area contributed by atoms with Crippen molar-refractivity contribution in [3.05, 3.63) is 199 Å². The van der Waals surface area contributed by atoms with Crippen molar-refractivity contribution in [3.63, 3.8) is 0 Å². The maximum Gasteiger partial charge on any atom is 0.341 e. The lowest BCUT2D eigenvalue weighted by atomic mass is 9.89. The van der Waals surface area contributed by atoms with Crippen LogP contribution in [-0.4, -0.2) is 317 Å². The van der Waals surface area contributed by atoms with Gasteiger partial charge in [-0.15, -0.1) is 0 Å². The third-order valence-electron chi connectivity index (χ3n) is 25.5. The van der Waals surface area contributed by atoms with Crippen LogP contribution in [0.4, 0.5) is 17.5 Å². The number of piperazine rings is 3. The zero-order valence-corrected chi connectivity index (χ0v) is 72.4. The Bertz CT molecular complexity index is 6130. The van der Waals surface area contributed by atoms with Crippen LogP contribution in [0.15, 0.2) is 171 Å². The second kappa shape index (κ2) is 38.3. The number of carbonyl (C=O) groups excluding carboxylic acids is 2. The Morgan fingerprint density at radius 2 is 0.778 bits per heavy atom. The van der Waals surface area contributed by atoms with Gasteiger partial charge < -0.3 is 80.3 Å². The molecular formula is C92H113N27O7. The van der Waals surface area contributed by atoms with Crippen LogP contribution < -0.4 is 31.5 Å². The molecule has 3 saturated heterocycles. The molecule has 34 heteroatoms. The molecule has 12 aromatic heterocycles. The lowest BCUT2D eigenvalue weighted by Gasteiger charge is -2.32. The molecule has 3 saturated carbocycles. The summed E-state index contributed by atoms with van der Waals surface area (Å²) in [5, 5.41) is 64.0. The van der Waals surface area contributed by atoms with E-state index < -0.39 is 18.2 Å². The number of amides is 2. The van der Waals surface area contributed by atoms with Crippen molar-refractivity contribution in [3.8, 4) is 33.8 Å². The van der Waals surface area contributed by atoms with Gasteiger partial charge in [0.25, 0.3) is 11.8 Å². The Labute approximate surface area is 730 Å². The summed E-state index contributed by atoms with van der Waals surface area (Å²) in [7, 11) is 12.3. The largest absolute Gasteiger partial charge is 0.477 e. The number of anilines is 3. The average Bonchev–Trinajstić information content (AvgIpc) is 1.60. The number of fused-ring (bicyclic) bond motifs is 6. The number of hydrogen-bond donors (Lipinski definition) is 8. The predicted octanol–water partition coefficient (Wildman–Crippen LogP) is 6.97. The van der Waals surface area contributed by atoms with Crippen molar-refractivity contribution in [1.29, 1.82) is 0 Å². The normalized spacial score (nSPS) is 19.6. The van der Waals surface area contributed by atoms with Crippen LogP contribution in [0, 0.1) is 0 Å². The number of hydrogen-bond acceptors (Lipinski definition) is 25. The number of nitrogens with one attached hydrogen (secondary N) is 3. The smallest absolute Gasteiger partial charge is 0.341 e. The Kier molecular flexibility index (Phi) is 26.1. The summed E-state index contributed by atoms with van der Waals surface area (Å²) in [6, 6.07) is 38.1. The number of benzene rings is 2. The zero-order valence-electron chi connectivity index (χ0n) is 72.4. The molecule has 14 aromatic rings. The van der Waals surface area contributed by atoms with Crippen LogP contribution in [0.3, 0.4) is 0 Å². The number of aliphatic hydroxyl groups is 3. The summed E-state index contributed by atoms with van der Waals surface area (Å²) in [6.07, 6.45) is 20.0. The van der Waals surface area contributed by atoms with Crippen molar-refractivity contribution < 1.29 is 34.8 Å². The van der Waals surface area contributed by atoms with Gasteiger partial charge in [0.2, 0.25) is 0 Å². The van der Waals surface area contributed by atoms with E-state index >= 15 is 0 Å². The van der Waals surface area contributed by atoms with Gasteiger partial charge in [-0.05, 0) is 107 Å². The third kappa shape index (κ3) is 18.8. The van der Waals surface area contributed by atoms with E-state index in [0.717, 1.165) is 233 Å². The number of aliphatic hydroxyl groups excluding tert-OH is 3. The van der Waals surface area contributed by atoms with Crippen LogP contribution in [0.25, 0.3) is 83.8 Å². The molecule has 0 spiro atoms. The zero-order chi connectivity index (χ0) is 87.2. The SMILES string of the molecule is CN1CCN(CCn2cc(-c3cc(N(C)Cc4ccccc4)n4ncc(C(=O)N[C@H]5CC[C@@H]5O)c4n3)c3cccnc32)CC1.CN1CCN(CCn2cc(-c3cc(N(C)Cc4ccccc4)n4ncc(C(=O)O)c4n3)c3cccnc32)CC1.CNc1cc(-c2cn(CCN3CCN(C)CC3)c3ncccc23)nc2c(C(=O)N[C@H]3CC[C@@H]3O)cnn12.NC1CC[C@@H]1O. The summed E-state index contributed by atoms with van der Waals surface area (Å²) in [5.41, 5.74) is 17.4. The molecule has 9 N–H and O–H groups in total. The quantitative estimate of drug-likeness (QED) is 0.0303.